The van der Waals surface area contributed by atoms with Crippen molar-refractivity contribution in [2.24, 2.45) is 0 Å². The number of amides is 1. The first-order valence-corrected chi connectivity index (χ1v) is 5.28. The normalized spacial score (nSPS) is 20.9. The van der Waals surface area contributed by atoms with Crippen molar-refractivity contribution in [1.29, 1.82) is 0 Å². The van der Waals surface area contributed by atoms with Crippen molar-refractivity contribution in [1.82, 2.24) is 15.6 Å². The summed E-state index contributed by atoms with van der Waals surface area (Å²) in [6, 6.07) is 3.72. The van der Waals surface area contributed by atoms with Crippen LogP contribution in [-0.4, -0.2) is 30.0 Å². The van der Waals surface area contributed by atoms with Gasteiger partial charge >= 0.3 is 0 Å². The van der Waals surface area contributed by atoms with E-state index in [1.807, 2.05) is 0 Å². The first-order chi connectivity index (χ1) is 7.36. The van der Waals surface area contributed by atoms with E-state index in [-0.39, 0.29) is 11.9 Å². The lowest BCUT2D eigenvalue weighted by atomic mass is 10.1. The molecule has 1 saturated heterocycles. The lowest BCUT2D eigenvalue weighted by molar-refractivity contribution is 0.0930. The Morgan fingerprint density at radius 3 is 2.93 bits per heavy atom. The minimum absolute atomic E-state index is 0.00824. The maximum atomic E-state index is 11.7. The number of nitrogens with one attached hydrogen (secondary N) is 2. The topological polar surface area (TPSA) is 54.0 Å². The van der Waals surface area contributed by atoms with Crippen molar-refractivity contribution < 1.29 is 4.79 Å². The van der Waals surface area contributed by atoms with Crippen LogP contribution in [0.1, 0.15) is 23.2 Å². The van der Waals surface area contributed by atoms with Gasteiger partial charge in [-0.15, -0.1) is 0 Å². The zero-order valence-electron chi connectivity index (χ0n) is 8.57. The summed E-state index contributed by atoms with van der Waals surface area (Å²) in [7, 11) is 0. The highest BCUT2D eigenvalue weighted by atomic mass is 16.1. The third-order valence-corrected chi connectivity index (χ3v) is 2.57. The molecule has 0 bridgehead atoms. The van der Waals surface area contributed by atoms with Crippen LogP contribution in [0.15, 0.2) is 24.5 Å². The molecular formula is C11H15N3O. The lowest BCUT2D eigenvalue weighted by Gasteiger charge is -2.23. The molecular weight excluding hydrogens is 190 g/mol. The van der Waals surface area contributed by atoms with Crippen LogP contribution in [0.4, 0.5) is 0 Å². The van der Waals surface area contributed by atoms with Crippen molar-refractivity contribution in [2.75, 3.05) is 13.1 Å². The molecule has 2 rings (SSSR count). The molecule has 0 aliphatic carbocycles. The van der Waals surface area contributed by atoms with Gasteiger partial charge in [-0.05, 0) is 31.5 Å². The quantitative estimate of drug-likeness (QED) is 0.742. The Labute approximate surface area is 89.1 Å². The van der Waals surface area contributed by atoms with E-state index < -0.39 is 0 Å². The molecule has 0 spiro atoms. The van der Waals surface area contributed by atoms with E-state index in [0.717, 1.165) is 25.9 Å². The van der Waals surface area contributed by atoms with Crippen molar-refractivity contribution >= 4 is 5.91 Å². The number of hydrogen-bond acceptors (Lipinski definition) is 3. The van der Waals surface area contributed by atoms with Gasteiger partial charge in [0.1, 0.15) is 0 Å². The van der Waals surface area contributed by atoms with Crippen molar-refractivity contribution in [3.8, 4) is 0 Å². The van der Waals surface area contributed by atoms with Gasteiger partial charge in [0.15, 0.2) is 0 Å². The molecule has 1 aliphatic rings. The van der Waals surface area contributed by atoms with E-state index in [4.69, 9.17) is 0 Å². The zero-order chi connectivity index (χ0) is 10.5. The first-order valence-electron chi connectivity index (χ1n) is 5.28. The third-order valence-electron chi connectivity index (χ3n) is 2.57. The average Bonchev–Trinajstić information content (AvgIpc) is 2.31. The van der Waals surface area contributed by atoms with Gasteiger partial charge in [-0.2, -0.15) is 0 Å². The summed E-state index contributed by atoms with van der Waals surface area (Å²) in [5, 5.41) is 6.27. The molecule has 1 amide bonds. The molecule has 15 heavy (non-hydrogen) atoms. The second-order valence-electron chi connectivity index (χ2n) is 3.75. The van der Waals surface area contributed by atoms with Gasteiger partial charge < -0.3 is 10.6 Å². The number of nitrogens with zero attached hydrogens (tertiary/aromatic N) is 1. The van der Waals surface area contributed by atoms with Crippen LogP contribution < -0.4 is 10.6 Å². The summed E-state index contributed by atoms with van der Waals surface area (Å²) in [6.07, 6.45) is 5.45. The summed E-state index contributed by atoms with van der Waals surface area (Å²) >= 11 is 0. The Hall–Kier alpha value is -1.42. The lowest BCUT2D eigenvalue weighted by Crippen LogP contribution is -2.45. The van der Waals surface area contributed by atoms with E-state index in [9.17, 15) is 4.79 Å². The number of piperidine rings is 1. The van der Waals surface area contributed by atoms with Crippen molar-refractivity contribution in [3.63, 3.8) is 0 Å². The predicted molar refractivity (Wildman–Crippen MR) is 57.6 cm³/mol. The van der Waals surface area contributed by atoms with Crippen LogP contribution in [0, 0.1) is 0 Å². The highest BCUT2D eigenvalue weighted by Gasteiger charge is 2.15. The Kier molecular flexibility index (Phi) is 3.29. The van der Waals surface area contributed by atoms with Gasteiger partial charge in [-0.25, -0.2) is 0 Å². The fourth-order valence-corrected chi connectivity index (χ4v) is 1.75. The van der Waals surface area contributed by atoms with E-state index in [1.165, 1.54) is 0 Å². The van der Waals surface area contributed by atoms with Gasteiger partial charge in [-0.3, -0.25) is 9.78 Å². The molecule has 0 aromatic carbocycles. The monoisotopic (exact) mass is 205 g/mol. The number of carbonyl (C=O) groups excluding carboxylic acids is 1. The molecule has 1 fully saturated rings. The molecule has 0 saturated carbocycles. The molecule has 2 heterocycles. The minimum atomic E-state index is -0.00824. The van der Waals surface area contributed by atoms with E-state index in [0.29, 0.717) is 5.56 Å². The molecule has 0 unspecified atom stereocenters. The Morgan fingerprint density at radius 1 is 1.47 bits per heavy atom. The summed E-state index contributed by atoms with van der Waals surface area (Å²) < 4.78 is 0. The minimum Gasteiger partial charge on any atom is -0.348 e. The van der Waals surface area contributed by atoms with Gasteiger partial charge in [-0.1, -0.05) is 0 Å². The van der Waals surface area contributed by atoms with Crippen LogP contribution in [-0.2, 0) is 0 Å². The largest absolute Gasteiger partial charge is 0.348 e. The van der Waals surface area contributed by atoms with Gasteiger partial charge in [0.05, 0.1) is 0 Å². The molecule has 4 heteroatoms. The van der Waals surface area contributed by atoms with E-state index in [1.54, 1.807) is 24.5 Å². The highest BCUT2D eigenvalue weighted by molar-refractivity contribution is 5.94. The fourth-order valence-electron chi connectivity index (χ4n) is 1.75. The SMILES string of the molecule is O=C(N[C@H]1CCCNC1)c1ccncc1. The summed E-state index contributed by atoms with van der Waals surface area (Å²) in [5.41, 5.74) is 0.676. The molecule has 2 N–H and O–H groups in total. The second kappa shape index (κ2) is 4.89. The van der Waals surface area contributed by atoms with Crippen LogP contribution in [0.2, 0.25) is 0 Å². The molecule has 1 aromatic heterocycles. The van der Waals surface area contributed by atoms with E-state index in [2.05, 4.69) is 15.6 Å². The predicted octanol–water partition coefficient (Wildman–Crippen LogP) is 0.563. The summed E-state index contributed by atoms with van der Waals surface area (Å²) in [5.74, 6) is -0.00824. The molecule has 1 atom stereocenters. The van der Waals surface area contributed by atoms with Gasteiger partial charge in [0.2, 0.25) is 0 Å². The third kappa shape index (κ3) is 2.76. The fraction of sp³-hybridized carbons (Fsp3) is 0.455. The number of hydrogen-bond donors (Lipinski definition) is 2. The Bertz CT molecular complexity index is 320. The maximum absolute atomic E-state index is 11.7. The number of rotatable bonds is 2. The Balaban J connectivity index is 1.91. The van der Waals surface area contributed by atoms with Gasteiger partial charge in [0, 0.05) is 30.5 Å². The van der Waals surface area contributed by atoms with Crippen LogP contribution in [0.25, 0.3) is 0 Å². The molecule has 4 nitrogen and oxygen atoms in total. The first kappa shape index (κ1) is 10.1. The number of pyridine rings is 1. The standard InChI is InChI=1S/C11H15N3O/c15-11(9-3-6-12-7-4-9)14-10-2-1-5-13-8-10/h3-4,6-7,10,13H,1-2,5,8H2,(H,14,15)/t10-/m0/s1. The summed E-state index contributed by atoms with van der Waals surface area (Å²) in [6.45, 7) is 1.93. The second-order valence-corrected chi connectivity index (χ2v) is 3.75. The van der Waals surface area contributed by atoms with Crippen molar-refractivity contribution in [3.05, 3.63) is 30.1 Å². The molecule has 0 radical (unpaired) electrons. The zero-order valence-corrected chi connectivity index (χ0v) is 8.57. The summed E-state index contributed by atoms with van der Waals surface area (Å²) in [4.78, 5) is 15.6. The Morgan fingerprint density at radius 2 is 2.27 bits per heavy atom. The maximum Gasteiger partial charge on any atom is 0.251 e. The highest BCUT2D eigenvalue weighted by Crippen LogP contribution is 2.03. The van der Waals surface area contributed by atoms with Crippen molar-refractivity contribution in [2.45, 2.75) is 18.9 Å². The van der Waals surface area contributed by atoms with Crippen LogP contribution in [0.3, 0.4) is 0 Å². The van der Waals surface area contributed by atoms with Crippen LogP contribution >= 0.6 is 0 Å². The molecule has 80 valence electrons. The van der Waals surface area contributed by atoms with E-state index >= 15 is 0 Å². The van der Waals surface area contributed by atoms with Gasteiger partial charge in [0.25, 0.3) is 5.91 Å². The average molecular weight is 205 g/mol. The molecule has 1 aromatic rings. The number of aromatic nitrogens is 1. The van der Waals surface area contributed by atoms with Crippen LogP contribution in [0.5, 0.6) is 0 Å². The number of carbonyl (C=O) groups is 1. The smallest absolute Gasteiger partial charge is 0.251 e. The molecule has 1 aliphatic heterocycles.